The van der Waals surface area contributed by atoms with Gasteiger partial charge in [0.25, 0.3) is 0 Å². The molecular formula is C14H26OSi. The van der Waals surface area contributed by atoms with Crippen LogP contribution in [0.2, 0.25) is 13.1 Å². The fourth-order valence-electron chi connectivity index (χ4n) is 2.45. The lowest BCUT2D eigenvalue weighted by Gasteiger charge is -2.34. The first kappa shape index (κ1) is 13.7. The molecule has 92 valence electrons. The molecule has 0 aliphatic heterocycles. The minimum absolute atomic E-state index is 0.387. The van der Waals surface area contributed by atoms with Crippen molar-refractivity contribution in [1.29, 1.82) is 0 Å². The van der Waals surface area contributed by atoms with Crippen molar-refractivity contribution in [3.8, 4) is 0 Å². The topological polar surface area (TPSA) is 9.23 Å². The first-order valence-corrected chi connectivity index (χ1v) is 9.50. The van der Waals surface area contributed by atoms with E-state index in [1.807, 2.05) is 11.8 Å². The molecule has 0 spiro atoms. The molecule has 2 heteroatoms. The highest BCUT2D eigenvalue weighted by atomic mass is 28.4. The Balaban J connectivity index is 2.58. The second-order valence-corrected chi connectivity index (χ2v) is 9.24. The third kappa shape index (κ3) is 4.26. The minimum Gasteiger partial charge on any atom is -0.410 e. The molecule has 0 aromatic heterocycles. The molecule has 0 aromatic rings. The highest BCUT2D eigenvalue weighted by Gasteiger charge is 2.29. The van der Waals surface area contributed by atoms with Crippen molar-refractivity contribution in [3.63, 3.8) is 0 Å². The van der Waals surface area contributed by atoms with Crippen molar-refractivity contribution in [2.75, 3.05) is 0 Å². The van der Waals surface area contributed by atoms with Crippen LogP contribution in [-0.4, -0.2) is 14.4 Å². The summed E-state index contributed by atoms with van der Waals surface area (Å²) >= 11 is 0. The zero-order valence-electron chi connectivity index (χ0n) is 10.9. The number of rotatable bonds is 6. The first-order chi connectivity index (χ1) is 7.59. The van der Waals surface area contributed by atoms with Crippen LogP contribution in [0.3, 0.4) is 0 Å². The van der Waals surface area contributed by atoms with E-state index in [9.17, 15) is 0 Å². The third-order valence-corrected chi connectivity index (χ3v) is 5.41. The van der Waals surface area contributed by atoms with Gasteiger partial charge in [-0.05, 0) is 38.3 Å². The monoisotopic (exact) mass is 238 g/mol. The zero-order valence-corrected chi connectivity index (χ0v) is 11.9. The summed E-state index contributed by atoms with van der Waals surface area (Å²) in [6, 6.07) is 0. The van der Waals surface area contributed by atoms with E-state index in [0.29, 0.717) is 6.10 Å². The Morgan fingerprint density at radius 3 is 2.38 bits per heavy atom. The zero-order chi connectivity index (χ0) is 12.0. The van der Waals surface area contributed by atoms with E-state index in [1.165, 1.54) is 32.1 Å². The highest BCUT2D eigenvalue weighted by molar-refractivity contribution is 6.76. The Morgan fingerprint density at radius 2 is 1.88 bits per heavy atom. The fourth-order valence-corrected chi connectivity index (χ4v) is 3.61. The summed E-state index contributed by atoms with van der Waals surface area (Å²) in [7, 11) is -1.65. The quantitative estimate of drug-likeness (QED) is 0.490. The predicted molar refractivity (Wildman–Crippen MR) is 73.9 cm³/mol. The molecule has 0 radical (unpaired) electrons. The average Bonchev–Trinajstić information content (AvgIpc) is 2.29. The largest absolute Gasteiger partial charge is 0.410 e. The van der Waals surface area contributed by atoms with Crippen molar-refractivity contribution in [3.05, 3.63) is 24.9 Å². The lowest BCUT2D eigenvalue weighted by atomic mass is 9.84. The van der Waals surface area contributed by atoms with Crippen LogP contribution in [0, 0.1) is 5.92 Å². The van der Waals surface area contributed by atoms with E-state index in [1.54, 1.807) is 0 Å². The van der Waals surface area contributed by atoms with Gasteiger partial charge in [-0.3, -0.25) is 0 Å². The van der Waals surface area contributed by atoms with E-state index < -0.39 is 8.32 Å². The van der Waals surface area contributed by atoms with Crippen LogP contribution >= 0.6 is 0 Å². The van der Waals surface area contributed by atoms with Crippen molar-refractivity contribution in [2.45, 2.75) is 57.7 Å². The van der Waals surface area contributed by atoms with Gasteiger partial charge in [0, 0.05) is 0 Å². The predicted octanol–water partition coefficient (Wildman–Crippen LogP) is 4.46. The molecule has 0 saturated heterocycles. The molecule has 1 aliphatic rings. The highest BCUT2D eigenvalue weighted by Crippen LogP contribution is 2.31. The molecule has 0 N–H and O–H groups in total. The molecule has 0 amide bonds. The smallest absolute Gasteiger partial charge is 0.210 e. The van der Waals surface area contributed by atoms with Gasteiger partial charge in [-0.2, -0.15) is 0 Å². The summed E-state index contributed by atoms with van der Waals surface area (Å²) < 4.78 is 6.32. The van der Waals surface area contributed by atoms with Crippen molar-refractivity contribution in [1.82, 2.24) is 0 Å². The van der Waals surface area contributed by atoms with Gasteiger partial charge >= 0.3 is 0 Å². The molecule has 0 heterocycles. The molecule has 1 nitrogen and oxygen atoms in total. The van der Waals surface area contributed by atoms with Gasteiger partial charge < -0.3 is 4.43 Å². The van der Waals surface area contributed by atoms with Gasteiger partial charge in [0.15, 0.2) is 0 Å². The normalized spacial score (nSPS) is 20.4. The molecular weight excluding hydrogens is 212 g/mol. The standard InChI is InChI=1S/C14H26OSi/c1-5-10-14(15-16(3,4)6-2)13-11-8-7-9-12-13/h5-6,13-14H,1-2,7-12H2,3-4H3/t14-/m1/s1. The van der Waals surface area contributed by atoms with Gasteiger partial charge in [-0.25, -0.2) is 0 Å². The first-order valence-electron chi connectivity index (χ1n) is 6.51. The molecule has 16 heavy (non-hydrogen) atoms. The lowest BCUT2D eigenvalue weighted by Crippen LogP contribution is -2.38. The molecule has 0 bridgehead atoms. The summed E-state index contributed by atoms with van der Waals surface area (Å²) in [4.78, 5) is 0. The second kappa shape index (κ2) is 6.41. The van der Waals surface area contributed by atoms with Crippen LogP contribution in [-0.2, 0) is 4.43 Å². The average molecular weight is 238 g/mol. The van der Waals surface area contributed by atoms with Crippen molar-refractivity contribution < 1.29 is 4.43 Å². The van der Waals surface area contributed by atoms with Crippen LogP contribution < -0.4 is 0 Å². The Labute approximate surface area is 102 Å². The fraction of sp³-hybridized carbons (Fsp3) is 0.714. The second-order valence-electron chi connectivity index (χ2n) is 5.39. The third-order valence-electron chi connectivity index (χ3n) is 3.52. The maximum Gasteiger partial charge on any atom is 0.210 e. The van der Waals surface area contributed by atoms with Crippen LogP contribution in [0.5, 0.6) is 0 Å². The van der Waals surface area contributed by atoms with Crippen LogP contribution in [0.15, 0.2) is 24.9 Å². The Hall–Kier alpha value is -0.343. The van der Waals surface area contributed by atoms with Gasteiger partial charge in [0.2, 0.25) is 8.32 Å². The summed E-state index contributed by atoms with van der Waals surface area (Å²) in [6.45, 7) is 12.2. The van der Waals surface area contributed by atoms with Crippen molar-refractivity contribution >= 4 is 8.32 Å². The maximum atomic E-state index is 6.32. The molecule has 1 atom stereocenters. The van der Waals surface area contributed by atoms with Crippen LogP contribution in [0.25, 0.3) is 0 Å². The lowest BCUT2D eigenvalue weighted by molar-refractivity contribution is 0.105. The van der Waals surface area contributed by atoms with Crippen LogP contribution in [0.4, 0.5) is 0 Å². The van der Waals surface area contributed by atoms with Gasteiger partial charge in [0.05, 0.1) is 6.10 Å². The van der Waals surface area contributed by atoms with Gasteiger partial charge in [-0.1, -0.05) is 31.0 Å². The molecule has 0 unspecified atom stereocenters. The van der Waals surface area contributed by atoms with Crippen LogP contribution in [0.1, 0.15) is 38.5 Å². The molecule has 0 aromatic carbocycles. The van der Waals surface area contributed by atoms with E-state index in [0.717, 1.165) is 12.3 Å². The Bertz CT molecular complexity index is 229. The summed E-state index contributed by atoms with van der Waals surface area (Å²) in [5, 5.41) is 0. The van der Waals surface area contributed by atoms with Gasteiger partial charge in [-0.15, -0.1) is 13.2 Å². The minimum atomic E-state index is -1.65. The molecule has 1 saturated carbocycles. The molecule has 1 fully saturated rings. The van der Waals surface area contributed by atoms with E-state index in [-0.39, 0.29) is 0 Å². The molecule has 1 aliphatic carbocycles. The summed E-state index contributed by atoms with van der Waals surface area (Å²) in [5.41, 5.74) is 2.03. The van der Waals surface area contributed by atoms with Crippen molar-refractivity contribution in [2.24, 2.45) is 5.92 Å². The van der Waals surface area contributed by atoms with E-state index in [4.69, 9.17) is 4.43 Å². The Morgan fingerprint density at radius 1 is 1.25 bits per heavy atom. The van der Waals surface area contributed by atoms with Gasteiger partial charge in [0.1, 0.15) is 0 Å². The number of hydrogen-bond donors (Lipinski definition) is 0. The summed E-state index contributed by atoms with van der Waals surface area (Å²) in [6.07, 6.45) is 10.2. The molecule has 1 rings (SSSR count). The van der Waals surface area contributed by atoms with E-state index in [2.05, 4.69) is 26.3 Å². The maximum absolute atomic E-state index is 6.32. The number of hydrogen-bond acceptors (Lipinski definition) is 1. The SMILES string of the molecule is C=CC[C@@H](O[Si](C)(C)C=C)C1CCCCC1. The Kier molecular flexibility index (Phi) is 5.49. The summed E-state index contributed by atoms with van der Waals surface area (Å²) in [5.74, 6) is 0.749. The van der Waals surface area contributed by atoms with E-state index >= 15 is 0 Å².